The van der Waals surface area contributed by atoms with E-state index in [1.54, 1.807) is 0 Å². The zero-order chi connectivity index (χ0) is 13.0. The van der Waals surface area contributed by atoms with Crippen LogP contribution in [-0.2, 0) is 0 Å². The maximum absolute atomic E-state index is 11.1. The summed E-state index contributed by atoms with van der Waals surface area (Å²) >= 11 is 1.10. The molecule has 2 rings (SSSR count). The lowest BCUT2D eigenvalue weighted by Gasteiger charge is -2.13. The van der Waals surface area contributed by atoms with Gasteiger partial charge in [0.1, 0.15) is 18.6 Å². The molecule has 1 aromatic rings. The van der Waals surface area contributed by atoms with Crippen molar-refractivity contribution >= 4 is 17.0 Å². The Balaban J connectivity index is 1.97. The smallest absolute Gasteiger partial charge is 0.281 e. The number of aliphatic hydroxyl groups is 1. The van der Waals surface area contributed by atoms with Crippen LogP contribution in [-0.4, -0.2) is 36.8 Å². The highest BCUT2D eigenvalue weighted by Gasteiger charge is 2.32. The molecule has 6 heteroatoms. The lowest BCUT2D eigenvalue weighted by molar-refractivity contribution is 0.152. The normalized spacial score (nSPS) is 22.9. The molecule has 1 aliphatic rings. The molecule has 18 heavy (non-hydrogen) atoms. The highest BCUT2D eigenvalue weighted by atomic mass is 32.2. The van der Waals surface area contributed by atoms with Gasteiger partial charge in [0.2, 0.25) is 0 Å². The van der Waals surface area contributed by atoms with E-state index in [1.807, 2.05) is 31.3 Å². The molecule has 1 aromatic carbocycles. The van der Waals surface area contributed by atoms with Crippen molar-refractivity contribution in [1.82, 2.24) is 10.6 Å². The first kappa shape index (κ1) is 13.2. The Kier molecular flexibility index (Phi) is 4.46. The molecule has 1 amide bonds. The zero-order valence-electron chi connectivity index (χ0n) is 10.1. The van der Waals surface area contributed by atoms with Crippen LogP contribution in [0, 0.1) is 0 Å². The lowest BCUT2D eigenvalue weighted by atomic mass is 10.1. The monoisotopic (exact) mass is 268 g/mol. The summed E-state index contributed by atoms with van der Waals surface area (Å²) in [5.74, 6) is 0.783. The van der Waals surface area contributed by atoms with Crippen molar-refractivity contribution in [3.63, 3.8) is 0 Å². The molecule has 3 N–H and O–H groups in total. The number of carbonyl (C=O) groups excluding carboxylic acids is 1. The number of nitrogens with one attached hydrogen (secondary N) is 2. The molecule has 2 unspecified atom stereocenters. The van der Waals surface area contributed by atoms with Crippen LogP contribution in [0.1, 0.15) is 10.8 Å². The quantitative estimate of drug-likeness (QED) is 0.698. The molecule has 0 aliphatic carbocycles. The summed E-state index contributed by atoms with van der Waals surface area (Å²) in [4.78, 5) is 11.1. The van der Waals surface area contributed by atoms with Gasteiger partial charge in [0.05, 0.1) is 5.25 Å². The fourth-order valence-corrected chi connectivity index (χ4v) is 2.59. The van der Waals surface area contributed by atoms with Crippen molar-refractivity contribution < 1.29 is 14.6 Å². The number of carbonyl (C=O) groups is 1. The maximum Gasteiger partial charge on any atom is 0.281 e. The van der Waals surface area contributed by atoms with E-state index in [0.29, 0.717) is 6.61 Å². The van der Waals surface area contributed by atoms with Crippen molar-refractivity contribution in [2.45, 2.75) is 11.5 Å². The van der Waals surface area contributed by atoms with E-state index in [0.717, 1.165) is 29.6 Å². The molecule has 0 spiro atoms. The fourth-order valence-electron chi connectivity index (χ4n) is 1.69. The van der Waals surface area contributed by atoms with Crippen LogP contribution in [0.25, 0.3) is 0 Å². The highest BCUT2D eigenvalue weighted by Crippen LogP contribution is 2.37. The molecule has 1 saturated heterocycles. The number of benzene rings is 1. The van der Waals surface area contributed by atoms with Crippen LogP contribution in [0.2, 0.25) is 0 Å². The molecule has 98 valence electrons. The largest absolute Gasteiger partial charge is 0.492 e. The first-order valence-corrected chi connectivity index (χ1v) is 6.61. The molecular weight excluding hydrogens is 252 g/mol. The van der Waals surface area contributed by atoms with Gasteiger partial charge in [-0.05, 0) is 24.7 Å². The van der Waals surface area contributed by atoms with E-state index in [9.17, 15) is 9.90 Å². The summed E-state index contributed by atoms with van der Waals surface area (Å²) in [5, 5.41) is 14.7. The summed E-state index contributed by atoms with van der Waals surface area (Å²) in [6.45, 7) is 1.40. The van der Waals surface area contributed by atoms with Gasteiger partial charge in [0, 0.05) is 6.54 Å². The predicted octanol–water partition coefficient (Wildman–Crippen LogP) is 1.10. The number of rotatable bonds is 5. The van der Waals surface area contributed by atoms with Crippen LogP contribution >= 0.6 is 11.8 Å². The summed E-state index contributed by atoms with van der Waals surface area (Å²) in [6.07, 6.45) is -0.821. The lowest BCUT2D eigenvalue weighted by Crippen LogP contribution is -2.26. The van der Waals surface area contributed by atoms with E-state index in [-0.39, 0.29) is 10.5 Å². The second-order valence-corrected chi connectivity index (χ2v) is 5.05. The summed E-state index contributed by atoms with van der Waals surface area (Å²) in [6, 6.07) is 7.44. The third-order valence-corrected chi connectivity index (χ3v) is 3.73. The Hall–Kier alpha value is -1.24. The maximum atomic E-state index is 11.1. The van der Waals surface area contributed by atoms with Gasteiger partial charge in [-0.2, -0.15) is 0 Å². The second-order valence-electron chi connectivity index (χ2n) is 3.94. The average Bonchev–Trinajstić information content (AvgIpc) is 2.70. The van der Waals surface area contributed by atoms with Crippen molar-refractivity contribution in [2.75, 3.05) is 20.2 Å². The van der Waals surface area contributed by atoms with Crippen molar-refractivity contribution in [1.29, 1.82) is 0 Å². The van der Waals surface area contributed by atoms with Crippen molar-refractivity contribution in [2.24, 2.45) is 0 Å². The van der Waals surface area contributed by atoms with Gasteiger partial charge in [0.15, 0.2) is 0 Å². The van der Waals surface area contributed by atoms with Crippen LogP contribution in [0.4, 0.5) is 4.79 Å². The molecule has 2 atom stereocenters. The molecule has 0 aromatic heterocycles. The molecule has 5 nitrogen and oxygen atoms in total. The Morgan fingerprint density at radius 3 is 2.72 bits per heavy atom. The highest BCUT2D eigenvalue weighted by molar-refractivity contribution is 8.14. The van der Waals surface area contributed by atoms with Crippen LogP contribution in [0.3, 0.4) is 0 Å². The number of hydrogen-bond donors (Lipinski definition) is 3. The standard InChI is InChI=1S/C12H16N2O3S/c1-13-6-7-17-9-4-2-8(3-5-9)10-11(15)14-12(16)18-10/h2-5,10-11,13,15H,6-7H2,1H3,(H,14,16). The third kappa shape index (κ3) is 3.16. The summed E-state index contributed by atoms with van der Waals surface area (Å²) < 4.78 is 5.50. The van der Waals surface area contributed by atoms with Gasteiger partial charge in [-0.1, -0.05) is 23.9 Å². The van der Waals surface area contributed by atoms with Crippen molar-refractivity contribution in [3.05, 3.63) is 29.8 Å². The fraction of sp³-hybridized carbons (Fsp3) is 0.417. The van der Waals surface area contributed by atoms with Gasteiger partial charge in [-0.25, -0.2) is 0 Å². The van der Waals surface area contributed by atoms with Gasteiger partial charge in [-0.3, -0.25) is 4.79 Å². The molecule has 0 radical (unpaired) electrons. The SMILES string of the molecule is CNCCOc1ccc(C2SC(=O)NC2O)cc1. The minimum atomic E-state index is -0.821. The number of hydrogen-bond acceptors (Lipinski definition) is 5. The van der Waals surface area contributed by atoms with Gasteiger partial charge >= 0.3 is 0 Å². The Morgan fingerprint density at radius 2 is 2.17 bits per heavy atom. The minimum Gasteiger partial charge on any atom is -0.492 e. The van der Waals surface area contributed by atoms with Crippen LogP contribution < -0.4 is 15.4 Å². The Morgan fingerprint density at radius 1 is 1.44 bits per heavy atom. The molecule has 1 heterocycles. The molecular formula is C12H16N2O3S. The number of amides is 1. The van der Waals surface area contributed by atoms with E-state index >= 15 is 0 Å². The topological polar surface area (TPSA) is 70.6 Å². The van der Waals surface area contributed by atoms with Crippen molar-refractivity contribution in [3.8, 4) is 5.75 Å². The van der Waals surface area contributed by atoms with Gasteiger partial charge in [0.25, 0.3) is 5.24 Å². The van der Waals surface area contributed by atoms with Gasteiger partial charge in [-0.15, -0.1) is 0 Å². The number of aliphatic hydroxyl groups excluding tert-OH is 1. The van der Waals surface area contributed by atoms with E-state index in [2.05, 4.69) is 10.6 Å². The number of ether oxygens (including phenoxy) is 1. The third-order valence-electron chi connectivity index (χ3n) is 2.62. The average molecular weight is 268 g/mol. The molecule has 0 saturated carbocycles. The van der Waals surface area contributed by atoms with Crippen LogP contribution in [0.15, 0.2) is 24.3 Å². The van der Waals surface area contributed by atoms with E-state index in [4.69, 9.17) is 4.74 Å². The van der Waals surface area contributed by atoms with E-state index < -0.39 is 6.23 Å². The summed E-state index contributed by atoms with van der Waals surface area (Å²) in [5.41, 5.74) is 0.909. The van der Waals surface area contributed by atoms with E-state index in [1.165, 1.54) is 0 Å². The number of likely N-dealkylation sites (N-methyl/N-ethyl adjacent to an activating group) is 1. The minimum absolute atomic E-state index is 0.193. The zero-order valence-corrected chi connectivity index (χ0v) is 10.9. The summed E-state index contributed by atoms with van der Waals surface area (Å²) in [7, 11) is 1.87. The van der Waals surface area contributed by atoms with Gasteiger partial charge < -0.3 is 20.5 Å². The molecule has 0 bridgehead atoms. The predicted molar refractivity (Wildman–Crippen MR) is 70.7 cm³/mol. The second kappa shape index (κ2) is 6.08. The van der Waals surface area contributed by atoms with Crippen LogP contribution in [0.5, 0.6) is 5.75 Å². The first-order valence-electron chi connectivity index (χ1n) is 5.73. The first-order chi connectivity index (χ1) is 8.70. The number of thioether (sulfide) groups is 1. The Labute approximate surface area is 110 Å². The molecule has 1 fully saturated rings. The Bertz CT molecular complexity index is 410. The molecule has 1 aliphatic heterocycles.